The van der Waals surface area contributed by atoms with Crippen LogP contribution in [0.4, 0.5) is 0 Å². The Morgan fingerprint density at radius 1 is 1.44 bits per heavy atom. The largest absolute Gasteiger partial charge is 0.496 e. The molecule has 0 heterocycles. The van der Waals surface area contributed by atoms with Crippen molar-refractivity contribution in [3.8, 4) is 5.75 Å². The molecule has 0 aliphatic rings. The standard InChI is InChI=1S/C12H18ClNO3S/c1-3-11(14)8-18(15,16)7-9-6-10(13)4-5-12(9)17-2/h4-6,11H,3,7-8,14H2,1-2H3. The molecular weight excluding hydrogens is 274 g/mol. The van der Waals surface area contributed by atoms with Crippen molar-refractivity contribution in [2.45, 2.75) is 25.1 Å². The Morgan fingerprint density at radius 3 is 2.67 bits per heavy atom. The first kappa shape index (κ1) is 15.3. The van der Waals surface area contributed by atoms with Crippen molar-refractivity contribution in [2.75, 3.05) is 12.9 Å². The van der Waals surface area contributed by atoms with Gasteiger partial charge in [0.2, 0.25) is 0 Å². The summed E-state index contributed by atoms with van der Waals surface area (Å²) in [6.45, 7) is 1.86. The van der Waals surface area contributed by atoms with Crippen LogP contribution in [0.5, 0.6) is 5.75 Å². The van der Waals surface area contributed by atoms with E-state index in [2.05, 4.69) is 0 Å². The van der Waals surface area contributed by atoms with Crippen LogP contribution in [-0.2, 0) is 15.6 Å². The molecular formula is C12H18ClNO3S. The third kappa shape index (κ3) is 4.48. The van der Waals surface area contributed by atoms with Gasteiger partial charge in [-0.05, 0) is 24.6 Å². The molecule has 0 radical (unpaired) electrons. The van der Waals surface area contributed by atoms with Crippen molar-refractivity contribution in [1.29, 1.82) is 0 Å². The van der Waals surface area contributed by atoms with Crippen LogP contribution in [0.15, 0.2) is 18.2 Å². The second-order valence-electron chi connectivity index (χ2n) is 4.18. The van der Waals surface area contributed by atoms with E-state index in [9.17, 15) is 8.42 Å². The van der Waals surface area contributed by atoms with Gasteiger partial charge < -0.3 is 10.5 Å². The lowest BCUT2D eigenvalue weighted by atomic mass is 10.2. The SMILES string of the molecule is CCC(N)CS(=O)(=O)Cc1cc(Cl)ccc1OC. The molecule has 0 aliphatic heterocycles. The average molecular weight is 292 g/mol. The second kappa shape index (κ2) is 6.41. The number of sulfone groups is 1. The maximum atomic E-state index is 12.0. The van der Waals surface area contributed by atoms with Crippen LogP contribution in [0.1, 0.15) is 18.9 Å². The van der Waals surface area contributed by atoms with Crippen molar-refractivity contribution in [2.24, 2.45) is 5.73 Å². The lowest BCUT2D eigenvalue weighted by Crippen LogP contribution is -2.29. The quantitative estimate of drug-likeness (QED) is 0.870. The molecule has 2 N–H and O–H groups in total. The molecule has 1 unspecified atom stereocenters. The van der Waals surface area contributed by atoms with Gasteiger partial charge >= 0.3 is 0 Å². The van der Waals surface area contributed by atoms with Crippen LogP contribution in [0.2, 0.25) is 5.02 Å². The van der Waals surface area contributed by atoms with Crippen LogP contribution in [-0.4, -0.2) is 27.3 Å². The summed E-state index contributed by atoms with van der Waals surface area (Å²) in [5.74, 6) is 0.386. The van der Waals surface area contributed by atoms with Gasteiger partial charge in [0.05, 0.1) is 18.6 Å². The van der Waals surface area contributed by atoms with Crippen LogP contribution >= 0.6 is 11.6 Å². The lowest BCUT2D eigenvalue weighted by Gasteiger charge is -2.12. The van der Waals surface area contributed by atoms with Gasteiger partial charge in [-0.2, -0.15) is 0 Å². The van der Waals surface area contributed by atoms with Gasteiger partial charge in [-0.3, -0.25) is 0 Å². The minimum absolute atomic E-state index is 0.0286. The molecule has 0 aliphatic carbocycles. The Balaban J connectivity index is 2.93. The molecule has 6 heteroatoms. The van der Waals surface area contributed by atoms with E-state index in [1.807, 2.05) is 6.92 Å². The highest BCUT2D eigenvalue weighted by Crippen LogP contribution is 2.24. The smallest absolute Gasteiger partial charge is 0.156 e. The summed E-state index contributed by atoms with van der Waals surface area (Å²) in [5, 5.41) is 0.487. The normalized spacial score (nSPS) is 13.3. The fraction of sp³-hybridized carbons (Fsp3) is 0.500. The van der Waals surface area contributed by atoms with Crippen LogP contribution in [0, 0.1) is 0 Å². The first-order valence-corrected chi connectivity index (χ1v) is 7.86. The maximum absolute atomic E-state index is 12.0. The number of nitrogens with two attached hydrogens (primary N) is 1. The molecule has 0 saturated carbocycles. The third-order valence-corrected chi connectivity index (χ3v) is 4.53. The highest BCUT2D eigenvalue weighted by Gasteiger charge is 2.18. The van der Waals surface area contributed by atoms with E-state index in [0.29, 0.717) is 22.8 Å². The van der Waals surface area contributed by atoms with E-state index in [0.717, 1.165) is 0 Å². The highest BCUT2D eigenvalue weighted by atomic mass is 35.5. The molecule has 0 spiro atoms. The molecule has 0 aromatic heterocycles. The maximum Gasteiger partial charge on any atom is 0.156 e. The van der Waals surface area contributed by atoms with E-state index in [-0.39, 0.29) is 17.5 Å². The zero-order valence-corrected chi connectivity index (χ0v) is 12.1. The number of hydrogen-bond acceptors (Lipinski definition) is 4. The Kier molecular flexibility index (Phi) is 5.44. The minimum Gasteiger partial charge on any atom is -0.496 e. The van der Waals surface area contributed by atoms with Gasteiger partial charge in [-0.1, -0.05) is 18.5 Å². The minimum atomic E-state index is -3.26. The Labute approximate surface area is 113 Å². The Morgan fingerprint density at radius 2 is 2.11 bits per heavy atom. The van der Waals surface area contributed by atoms with Crippen molar-refractivity contribution >= 4 is 21.4 Å². The molecule has 0 saturated heterocycles. The van der Waals surface area contributed by atoms with E-state index < -0.39 is 9.84 Å². The summed E-state index contributed by atoms with van der Waals surface area (Å²) < 4.78 is 29.1. The van der Waals surface area contributed by atoms with Gasteiger partial charge in [0.25, 0.3) is 0 Å². The Bertz CT molecular complexity index is 502. The number of hydrogen-bond donors (Lipinski definition) is 1. The summed E-state index contributed by atoms with van der Waals surface area (Å²) in [5.41, 5.74) is 6.24. The molecule has 102 valence electrons. The van der Waals surface area contributed by atoms with Crippen LogP contribution in [0.25, 0.3) is 0 Å². The van der Waals surface area contributed by atoms with Crippen molar-refractivity contribution in [3.63, 3.8) is 0 Å². The summed E-state index contributed by atoms with van der Waals surface area (Å²) in [7, 11) is -1.76. The number of ether oxygens (including phenoxy) is 1. The molecule has 4 nitrogen and oxygen atoms in total. The van der Waals surface area contributed by atoms with Crippen molar-refractivity contribution in [3.05, 3.63) is 28.8 Å². The summed E-state index contributed by atoms with van der Waals surface area (Å²) in [4.78, 5) is 0. The molecule has 1 atom stereocenters. The molecule has 0 bridgehead atoms. The number of halogens is 1. The van der Waals surface area contributed by atoms with E-state index in [4.69, 9.17) is 22.1 Å². The van der Waals surface area contributed by atoms with E-state index >= 15 is 0 Å². The van der Waals surface area contributed by atoms with Gasteiger partial charge in [0.15, 0.2) is 9.84 Å². The molecule has 0 amide bonds. The third-order valence-electron chi connectivity index (χ3n) is 2.61. The Hall–Kier alpha value is -0.780. The lowest BCUT2D eigenvalue weighted by molar-refractivity contribution is 0.411. The monoisotopic (exact) mass is 291 g/mol. The van der Waals surface area contributed by atoms with Gasteiger partial charge in [-0.25, -0.2) is 8.42 Å². The zero-order chi connectivity index (χ0) is 13.8. The molecule has 1 aromatic rings. The molecule has 0 fully saturated rings. The summed E-state index contributed by atoms with van der Waals surface area (Å²) >= 11 is 5.86. The van der Waals surface area contributed by atoms with Crippen LogP contribution in [0.3, 0.4) is 0 Å². The van der Waals surface area contributed by atoms with E-state index in [1.54, 1.807) is 18.2 Å². The van der Waals surface area contributed by atoms with Gasteiger partial charge in [-0.15, -0.1) is 0 Å². The summed E-state index contributed by atoms with van der Waals surface area (Å²) in [6, 6.07) is 4.59. The van der Waals surface area contributed by atoms with Crippen molar-refractivity contribution < 1.29 is 13.2 Å². The van der Waals surface area contributed by atoms with Gasteiger partial charge in [0.1, 0.15) is 5.75 Å². The topological polar surface area (TPSA) is 69.4 Å². The first-order valence-electron chi connectivity index (χ1n) is 5.66. The fourth-order valence-electron chi connectivity index (χ4n) is 1.60. The number of rotatable bonds is 6. The second-order valence-corrected chi connectivity index (χ2v) is 6.72. The van der Waals surface area contributed by atoms with Gasteiger partial charge in [0, 0.05) is 16.6 Å². The zero-order valence-electron chi connectivity index (χ0n) is 10.5. The predicted octanol–water partition coefficient (Wildman–Crippen LogP) is 2.00. The summed E-state index contributed by atoms with van der Waals surface area (Å²) in [6.07, 6.45) is 0.631. The molecule has 1 aromatic carbocycles. The molecule has 18 heavy (non-hydrogen) atoms. The average Bonchev–Trinajstić information content (AvgIpc) is 2.28. The fourth-order valence-corrected chi connectivity index (χ4v) is 3.50. The first-order chi connectivity index (χ1) is 8.38. The number of methoxy groups -OCH3 is 1. The van der Waals surface area contributed by atoms with Crippen LogP contribution < -0.4 is 10.5 Å². The number of benzene rings is 1. The molecule has 1 rings (SSSR count). The van der Waals surface area contributed by atoms with Crippen molar-refractivity contribution in [1.82, 2.24) is 0 Å². The predicted molar refractivity (Wildman–Crippen MR) is 73.8 cm³/mol. The van der Waals surface area contributed by atoms with E-state index in [1.165, 1.54) is 7.11 Å². The highest BCUT2D eigenvalue weighted by molar-refractivity contribution is 7.90.